The zero-order chi connectivity index (χ0) is 22.4. The number of pyridine rings is 1. The Labute approximate surface area is 196 Å². The first kappa shape index (κ1) is 20.4. The van der Waals surface area contributed by atoms with E-state index >= 15 is 0 Å². The minimum absolute atomic E-state index is 0.557. The van der Waals surface area contributed by atoms with Crippen molar-refractivity contribution in [2.24, 2.45) is 0 Å². The Balaban J connectivity index is 1.36. The first-order chi connectivity index (χ1) is 16.2. The molecule has 6 rings (SSSR count). The van der Waals surface area contributed by atoms with Gasteiger partial charge in [-0.15, -0.1) is 11.3 Å². The Morgan fingerprint density at radius 1 is 1.00 bits per heavy atom. The molecule has 1 aliphatic heterocycles. The summed E-state index contributed by atoms with van der Waals surface area (Å²) in [5.41, 5.74) is 6.20. The highest BCUT2D eigenvalue weighted by Crippen LogP contribution is 2.39. The summed E-state index contributed by atoms with van der Waals surface area (Å²) in [6.07, 6.45) is 10.7. The van der Waals surface area contributed by atoms with E-state index in [4.69, 9.17) is 19.8 Å². The lowest BCUT2D eigenvalue weighted by Crippen LogP contribution is -2.20. The maximum absolute atomic E-state index is 5.60. The summed E-state index contributed by atoms with van der Waals surface area (Å²) in [5.74, 6) is 1.82. The summed E-state index contributed by atoms with van der Waals surface area (Å²) in [5, 5.41) is 8.07. The molecule has 0 fully saturated rings. The fraction of sp³-hybridized carbons (Fsp3) is 0.417. The van der Waals surface area contributed by atoms with Gasteiger partial charge in [-0.2, -0.15) is 5.10 Å². The van der Waals surface area contributed by atoms with Gasteiger partial charge in [0.1, 0.15) is 17.2 Å². The molecule has 4 aromatic heterocycles. The van der Waals surface area contributed by atoms with Gasteiger partial charge in [0, 0.05) is 30.2 Å². The van der Waals surface area contributed by atoms with E-state index in [1.807, 2.05) is 29.8 Å². The average Bonchev–Trinajstić information content (AvgIpc) is 3.55. The lowest BCUT2D eigenvalue weighted by Gasteiger charge is -2.22. The number of aromatic nitrogens is 6. The van der Waals surface area contributed by atoms with Gasteiger partial charge >= 0.3 is 0 Å². The van der Waals surface area contributed by atoms with Gasteiger partial charge in [0.25, 0.3) is 0 Å². The highest BCUT2D eigenvalue weighted by Gasteiger charge is 2.28. The average molecular weight is 462 g/mol. The Morgan fingerprint density at radius 3 is 2.73 bits per heavy atom. The maximum atomic E-state index is 5.60. The Kier molecular flexibility index (Phi) is 5.13. The second-order valence-corrected chi connectivity index (χ2v) is 9.54. The molecule has 0 amide bonds. The molecule has 9 heteroatoms. The molecule has 0 bridgehead atoms. The number of hydrogen-bond acceptors (Lipinski definition) is 7. The van der Waals surface area contributed by atoms with Crippen molar-refractivity contribution in [3.63, 3.8) is 0 Å². The predicted octanol–water partition coefficient (Wildman–Crippen LogP) is 4.72. The molecule has 0 radical (unpaired) electrons. The Morgan fingerprint density at radius 2 is 1.88 bits per heavy atom. The SMILES string of the molecule is COc1nc(-c2csc(N3CCCCn4nc5c(c43)CCCC5)n2)ccc1-n1cnc(C)c1. The molecule has 2 aliphatic rings. The van der Waals surface area contributed by atoms with Crippen LogP contribution >= 0.6 is 11.3 Å². The van der Waals surface area contributed by atoms with E-state index < -0.39 is 0 Å². The second-order valence-electron chi connectivity index (χ2n) is 8.70. The molecule has 0 unspecified atom stereocenters. The minimum atomic E-state index is 0.557. The van der Waals surface area contributed by atoms with Crippen LogP contribution in [-0.4, -0.2) is 43.0 Å². The number of hydrogen-bond donors (Lipinski definition) is 0. The van der Waals surface area contributed by atoms with Crippen LogP contribution < -0.4 is 9.64 Å². The zero-order valence-electron chi connectivity index (χ0n) is 19.0. The number of anilines is 2. The predicted molar refractivity (Wildman–Crippen MR) is 129 cm³/mol. The summed E-state index contributed by atoms with van der Waals surface area (Å²) >= 11 is 1.67. The molecule has 8 nitrogen and oxygen atoms in total. The number of aryl methyl sites for hydroxylation is 3. The van der Waals surface area contributed by atoms with Crippen molar-refractivity contribution in [2.45, 2.75) is 52.0 Å². The fourth-order valence-corrected chi connectivity index (χ4v) is 5.70. The third-order valence-electron chi connectivity index (χ3n) is 6.46. The molecule has 0 atom stereocenters. The van der Waals surface area contributed by atoms with Crippen LogP contribution in [0.2, 0.25) is 0 Å². The van der Waals surface area contributed by atoms with Crippen molar-refractivity contribution in [3.05, 3.63) is 47.0 Å². The Hall–Kier alpha value is -3.20. The maximum Gasteiger partial charge on any atom is 0.238 e. The number of imidazole rings is 1. The van der Waals surface area contributed by atoms with Crippen LogP contribution in [0.25, 0.3) is 17.1 Å². The zero-order valence-corrected chi connectivity index (χ0v) is 19.8. The number of ether oxygens (including phenoxy) is 1. The van der Waals surface area contributed by atoms with Gasteiger partial charge in [-0.3, -0.25) is 0 Å². The van der Waals surface area contributed by atoms with E-state index in [-0.39, 0.29) is 0 Å². The van der Waals surface area contributed by atoms with Crippen molar-refractivity contribution in [3.8, 4) is 23.0 Å². The van der Waals surface area contributed by atoms with Crippen LogP contribution in [0, 0.1) is 6.92 Å². The molecule has 170 valence electrons. The van der Waals surface area contributed by atoms with E-state index in [2.05, 4.69) is 19.9 Å². The lowest BCUT2D eigenvalue weighted by atomic mass is 9.97. The first-order valence-electron chi connectivity index (χ1n) is 11.6. The van der Waals surface area contributed by atoms with Gasteiger partial charge in [0.15, 0.2) is 5.13 Å². The molecule has 0 N–H and O–H groups in total. The number of thiazole rings is 1. The van der Waals surface area contributed by atoms with Crippen LogP contribution in [0.15, 0.2) is 30.0 Å². The fourth-order valence-electron chi connectivity index (χ4n) is 4.85. The smallest absolute Gasteiger partial charge is 0.238 e. The summed E-state index contributed by atoms with van der Waals surface area (Å²) in [7, 11) is 1.65. The van der Waals surface area contributed by atoms with Crippen molar-refractivity contribution < 1.29 is 4.74 Å². The first-order valence-corrected chi connectivity index (χ1v) is 12.5. The van der Waals surface area contributed by atoms with Gasteiger partial charge in [0.2, 0.25) is 5.88 Å². The minimum Gasteiger partial charge on any atom is -0.479 e. The molecular formula is C24H27N7OS. The van der Waals surface area contributed by atoms with E-state index in [0.717, 1.165) is 66.7 Å². The van der Waals surface area contributed by atoms with Gasteiger partial charge in [-0.05, 0) is 57.6 Å². The Bertz CT molecular complexity index is 1300. The van der Waals surface area contributed by atoms with E-state index in [9.17, 15) is 0 Å². The number of fused-ring (bicyclic) bond motifs is 3. The highest BCUT2D eigenvalue weighted by atomic mass is 32.1. The molecule has 0 aromatic carbocycles. The van der Waals surface area contributed by atoms with Crippen LogP contribution in [0.1, 0.15) is 42.6 Å². The van der Waals surface area contributed by atoms with E-state index in [1.54, 1.807) is 24.8 Å². The molecule has 1 aliphatic carbocycles. The van der Waals surface area contributed by atoms with Crippen molar-refractivity contribution in [2.75, 3.05) is 18.6 Å². The molecule has 0 saturated heterocycles. The van der Waals surface area contributed by atoms with Crippen molar-refractivity contribution in [1.29, 1.82) is 0 Å². The molecule has 0 spiro atoms. The van der Waals surface area contributed by atoms with Gasteiger partial charge in [-0.25, -0.2) is 19.6 Å². The van der Waals surface area contributed by atoms with Crippen molar-refractivity contribution >= 4 is 22.3 Å². The number of methoxy groups -OCH3 is 1. The third-order valence-corrected chi connectivity index (χ3v) is 7.32. The summed E-state index contributed by atoms with van der Waals surface area (Å²) < 4.78 is 9.76. The third kappa shape index (κ3) is 3.60. The lowest BCUT2D eigenvalue weighted by molar-refractivity contribution is 0.396. The van der Waals surface area contributed by atoms with E-state index in [1.165, 1.54) is 29.9 Å². The summed E-state index contributed by atoms with van der Waals surface area (Å²) in [4.78, 5) is 16.5. The van der Waals surface area contributed by atoms with Gasteiger partial charge in [-0.1, -0.05) is 0 Å². The molecule has 0 saturated carbocycles. The molecule has 5 heterocycles. The van der Waals surface area contributed by atoms with Crippen molar-refractivity contribution in [1.82, 2.24) is 29.3 Å². The monoisotopic (exact) mass is 461 g/mol. The second kappa shape index (κ2) is 8.30. The largest absolute Gasteiger partial charge is 0.479 e. The van der Waals surface area contributed by atoms with Crippen LogP contribution in [0.4, 0.5) is 10.9 Å². The molecule has 33 heavy (non-hydrogen) atoms. The topological polar surface area (TPSA) is 73.9 Å². The van der Waals surface area contributed by atoms with Crippen LogP contribution in [-0.2, 0) is 19.4 Å². The van der Waals surface area contributed by atoms with E-state index in [0.29, 0.717) is 5.88 Å². The molecular weight excluding hydrogens is 434 g/mol. The van der Waals surface area contributed by atoms with Crippen LogP contribution in [0.3, 0.4) is 0 Å². The normalized spacial score (nSPS) is 15.8. The quantitative estimate of drug-likeness (QED) is 0.438. The highest BCUT2D eigenvalue weighted by molar-refractivity contribution is 7.14. The standard InChI is InChI=1S/C24H27N7OS/c1-16-13-29(15-25-16)21-10-9-19(26-22(21)32-2)20-14-33-24(27-20)30-11-5-6-12-31-23(30)17-7-3-4-8-18(17)28-31/h9-10,13-15H,3-8,11-12H2,1-2H3. The number of nitrogens with zero attached hydrogens (tertiary/aromatic N) is 7. The molecule has 4 aromatic rings. The van der Waals surface area contributed by atoms with Crippen LogP contribution in [0.5, 0.6) is 5.88 Å². The summed E-state index contributed by atoms with van der Waals surface area (Å²) in [6, 6.07) is 4.01. The van der Waals surface area contributed by atoms with Gasteiger partial charge in [0.05, 0.1) is 30.5 Å². The van der Waals surface area contributed by atoms with Gasteiger partial charge < -0.3 is 14.2 Å². The number of rotatable bonds is 4. The summed E-state index contributed by atoms with van der Waals surface area (Å²) in [6.45, 7) is 3.93.